The number of ketones is 1. The number of benzene rings is 1. The first-order valence-electron chi connectivity index (χ1n) is 10.3. The first-order valence-corrected chi connectivity index (χ1v) is 12.6. The van der Waals surface area contributed by atoms with Crippen LogP contribution in [0.3, 0.4) is 0 Å². The Morgan fingerprint density at radius 2 is 1.85 bits per heavy atom. The summed E-state index contributed by atoms with van der Waals surface area (Å²) >= 11 is 5.50. The van der Waals surface area contributed by atoms with Crippen LogP contribution >= 0.6 is 11.6 Å². The number of alkyl halides is 2. The lowest BCUT2D eigenvalue weighted by Crippen LogP contribution is -2.44. The second-order valence-electron chi connectivity index (χ2n) is 8.61. The van der Waals surface area contributed by atoms with Crippen LogP contribution in [0.5, 0.6) is 0 Å². The Balaban J connectivity index is 1.59. The molecule has 12 heteroatoms. The maximum atomic E-state index is 14.3. The Hall–Kier alpha value is -2.53. The predicted molar refractivity (Wildman–Crippen MR) is 114 cm³/mol. The van der Waals surface area contributed by atoms with Crippen LogP contribution in [-0.4, -0.2) is 54.8 Å². The van der Waals surface area contributed by atoms with E-state index in [9.17, 15) is 35.6 Å². The standard InChI is InChI=1S/C22H19ClF4N2O4S/c1-34(32,33)12-2-11(8-28-9-12)22(31)29-18-3-10(18)4-19(29)20(30)6-14(21(26)27)13-5-17(25)15(23)7-16(13)24/h2,5,7-10,14,18-19,21H,3-4,6H2,1H3/t10-,14+,18-,19-/m1/s1. The van der Waals surface area contributed by atoms with Crippen molar-refractivity contribution in [2.75, 3.05) is 6.26 Å². The number of hydrogen-bond donors (Lipinski definition) is 0. The van der Waals surface area contributed by atoms with Crippen LogP contribution < -0.4 is 0 Å². The lowest BCUT2D eigenvalue weighted by atomic mass is 9.90. The number of likely N-dealkylation sites (tertiary alicyclic amines) is 1. The van der Waals surface area contributed by atoms with Gasteiger partial charge in [-0.25, -0.2) is 26.0 Å². The number of rotatable bonds is 7. The zero-order valence-corrected chi connectivity index (χ0v) is 19.3. The highest BCUT2D eigenvalue weighted by molar-refractivity contribution is 7.90. The number of Topliss-reactive ketones (excluding diaryl/α,β-unsaturated/α-hetero) is 1. The van der Waals surface area contributed by atoms with Crippen molar-refractivity contribution in [1.29, 1.82) is 0 Å². The minimum atomic E-state index is -3.64. The molecule has 6 nitrogen and oxygen atoms in total. The number of piperidine rings is 1. The third-order valence-corrected chi connectivity index (χ3v) is 7.63. The molecule has 0 bridgehead atoms. The molecule has 1 aromatic carbocycles. The molecule has 4 rings (SSSR count). The highest BCUT2D eigenvalue weighted by Gasteiger charge is 2.56. The van der Waals surface area contributed by atoms with Gasteiger partial charge in [0, 0.05) is 36.7 Å². The molecule has 34 heavy (non-hydrogen) atoms. The number of nitrogens with zero attached hydrogens (tertiary/aromatic N) is 2. The number of sulfone groups is 1. The van der Waals surface area contributed by atoms with Crippen molar-refractivity contribution in [2.24, 2.45) is 5.92 Å². The average molecular weight is 519 g/mol. The van der Waals surface area contributed by atoms with Gasteiger partial charge in [0.25, 0.3) is 5.91 Å². The largest absolute Gasteiger partial charge is 0.325 e. The van der Waals surface area contributed by atoms with Crippen LogP contribution in [-0.2, 0) is 14.6 Å². The SMILES string of the molecule is CS(=O)(=O)c1cncc(C(=O)N2[C@@H](C(=O)C[C@@H](c3cc(F)c(Cl)cc3F)C(F)F)C[C@H]3C[C@H]32)c1. The van der Waals surface area contributed by atoms with Gasteiger partial charge in [0.2, 0.25) is 6.43 Å². The van der Waals surface area contributed by atoms with E-state index in [1.165, 1.54) is 11.1 Å². The van der Waals surface area contributed by atoms with Gasteiger partial charge in [-0.3, -0.25) is 14.6 Å². The summed E-state index contributed by atoms with van der Waals surface area (Å²) in [7, 11) is -3.64. The van der Waals surface area contributed by atoms with Gasteiger partial charge in [-0.05, 0) is 37.0 Å². The number of pyridine rings is 1. The maximum Gasteiger partial charge on any atom is 0.256 e. The zero-order chi connectivity index (χ0) is 24.9. The summed E-state index contributed by atoms with van der Waals surface area (Å²) in [6, 6.07) is 0.959. The van der Waals surface area contributed by atoms with E-state index in [1.54, 1.807) is 0 Å². The fourth-order valence-corrected chi connectivity index (χ4v) is 5.18. The Bertz CT molecular complexity index is 1270. The molecule has 2 heterocycles. The summed E-state index contributed by atoms with van der Waals surface area (Å²) in [5.74, 6) is -5.52. The predicted octanol–water partition coefficient (Wildman–Crippen LogP) is 4.03. The van der Waals surface area contributed by atoms with Crippen LogP contribution in [0.15, 0.2) is 35.5 Å². The third kappa shape index (κ3) is 4.68. The van der Waals surface area contributed by atoms with Crippen LogP contribution in [0.1, 0.15) is 41.1 Å². The van der Waals surface area contributed by atoms with Gasteiger partial charge in [-0.15, -0.1) is 0 Å². The maximum absolute atomic E-state index is 14.3. The van der Waals surface area contributed by atoms with Crippen LogP contribution in [0.25, 0.3) is 0 Å². The van der Waals surface area contributed by atoms with E-state index in [0.717, 1.165) is 18.5 Å². The Morgan fingerprint density at radius 1 is 1.15 bits per heavy atom. The lowest BCUT2D eigenvalue weighted by Gasteiger charge is -2.28. The van der Waals surface area contributed by atoms with E-state index in [1.807, 2.05) is 0 Å². The van der Waals surface area contributed by atoms with Crippen LogP contribution in [0, 0.1) is 17.6 Å². The minimum absolute atomic E-state index is 0.0127. The molecular weight excluding hydrogens is 500 g/mol. The van der Waals surface area contributed by atoms with Gasteiger partial charge < -0.3 is 4.90 Å². The molecule has 0 unspecified atom stereocenters. The van der Waals surface area contributed by atoms with Crippen molar-refractivity contribution in [3.8, 4) is 0 Å². The second kappa shape index (κ2) is 8.92. The smallest absolute Gasteiger partial charge is 0.256 e. The fraction of sp³-hybridized carbons (Fsp3) is 0.409. The van der Waals surface area contributed by atoms with Crippen molar-refractivity contribution < 1.29 is 35.6 Å². The van der Waals surface area contributed by atoms with Gasteiger partial charge in [-0.1, -0.05) is 11.6 Å². The number of amides is 1. The summed E-state index contributed by atoms with van der Waals surface area (Å²) in [5.41, 5.74) is -0.721. The van der Waals surface area contributed by atoms with E-state index >= 15 is 0 Å². The van der Waals surface area contributed by atoms with Gasteiger partial charge in [0.1, 0.15) is 11.6 Å². The minimum Gasteiger partial charge on any atom is -0.325 e. The van der Waals surface area contributed by atoms with Crippen molar-refractivity contribution in [2.45, 2.75) is 48.6 Å². The molecule has 1 saturated carbocycles. The van der Waals surface area contributed by atoms with Gasteiger partial charge >= 0.3 is 0 Å². The quantitative estimate of drug-likeness (QED) is 0.408. The molecule has 1 aliphatic heterocycles. The van der Waals surface area contributed by atoms with E-state index in [0.29, 0.717) is 18.6 Å². The van der Waals surface area contributed by atoms with Crippen molar-refractivity contribution >= 4 is 33.1 Å². The summed E-state index contributed by atoms with van der Waals surface area (Å²) < 4.78 is 79.3. The first kappa shape index (κ1) is 24.6. The van der Waals surface area contributed by atoms with E-state index in [2.05, 4.69) is 4.98 Å². The summed E-state index contributed by atoms with van der Waals surface area (Å²) in [6.07, 6.45) is 0.112. The molecule has 1 aliphatic carbocycles. The molecule has 4 atom stereocenters. The average Bonchev–Trinajstić information content (AvgIpc) is 3.43. The lowest BCUT2D eigenvalue weighted by molar-refractivity contribution is -0.124. The fourth-order valence-electron chi connectivity index (χ4n) is 4.43. The molecule has 2 aromatic rings. The Morgan fingerprint density at radius 3 is 2.50 bits per heavy atom. The molecule has 1 saturated heterocycles. The summed E-state index contributed by atoms with van der Waals surface area (Å²) in [4.78, 5) is 31.1. The van der Waals surface area contributed by atoms with Crippen molar-refractivity contribution in [1.82, 2.24) is 9.88 Å². The Labute approximate surface area is 197 Å². The molecule has 2 aliphatic rings. The molecule has 2 fully saturated rings. The van der Waals surface area contributed by atoms with Gasteiger partial charge in [-0.2, -0.15) is 0 Å². The van der Waals surface area contributed by atoms with Gasteiger partial charge in [0.15, 0.2) is 15.6 Å². The monoisotopic (exact) mass is 518 g/mol. The Kier molecular flexibility index (Phi) is 6.45. The molecule has 182 valence electrons. The van der Waals surface area contributed by atoms with Crippen molar-refractivity contribution in [3.63, 3.8) is 0 Å². The summed E-state index contributed by atoms with van der Waals surface area (Å²) in [6.45, 7) is 0. The number of hydrogen-bond acceptors (Lipinski definition) is 5. The van der Waals surface area contributed by atoms with E-state index in [4.69, 9.17) is 11.6 Å². The zero-order valence-electron chi connectivity index (χ0n) is 17.7. The number of carbonyl (C=O) groups excluding carboxylic acids is 2. The molecule has 0 spiro atoms. The number of carbonyl (C=O) groups is 2. The molecule has 0 N–H and O–H groups in total. The molecule has 1 amide bonds. The summed E-state index contributed by atoms with van der Waals surface area (Å²) in [5, 5.41) is -0.571. The van der Waals surface area contributed by atoms with Crippen LogP contribution in [0.2, 0.25) is 5.02 Å². The van der Waals surface area contributed by atoms with Gasteiger partial charge in [0.05, 0.1) is 27.4 Å². The highest BCUT2D eigenvalue weighted by Crippen LogP contribution is 2.49. The van der Waals surface area contributed by atoms with Crippen LogP contribution in [0.4, 0.5) is 17.6 Å². The first-order chi connectivity index (χ1) is 15.9. The highest BCUT2D eigenvalue weighted by atomic mass is 35.5. The normalized spacial score (nSPS) is 22.6. The van der Waals surface area contributed by atoms with E-state index < -0.39 is 68.6 Å². The molecular formula is C22H19ClF4N2O4S. The number of halogens is 5. The van der Waals surface area contributed by atoms with Crippen molar-refractivity contribution in [3.05, 3.63) is 58.4 Å². The third-order valence-electron chi connectivity index (χ3n) is 6.26. The second-order valence-corrected chi connectivity index (χ2v) is 11.0. The topological polar surface area (TPSA) is 84.4 Å². The van der Waals surface area contributed by atoms with E-state index in [-0.39, 0.29) is 28.8 Å². The number of fused-ring (bicyclic) bond motifs is 1. The molecule has 1 aromatic heterocycles. The number of aromatic nitrogens is 1. The molecule has 0 radical (unpaired) electrons.